The highest BCUT2D eigenvalue weighted by Gasteiger charge is 2.17. The van der Waals surface area contributed by atoms with Gasteiger partial charge < -0.3 is 5.32 Å². The molecule has 20 heavy (non-hydrogen) atoms. The van der Waals surface area contributed by atoms with Crippen molar-refractivity contribution < 1.29 is 4.79 Å². The van der Waals surface area contributed by atoms with Crippen LogP contribution in [-0.2, 0) is 11.2 Å². The first-order valence-electron chi connectivity index (χ1n) is 7.98. The molecular formula is C18H27NO. The maximum atomic E-state index is 12.1. The van der Waals surface area contributed by atoms with Crippen LogP contribution in [0.25, 0.3) is 0 Å². The third-order valence-electron chi connectivity index (χ3n) is 4.21. The van der Waals surface area contributed by atoms with Crippen molar-refractivity contribution in [2.45, 2.75) is 64.8 Å². The molecule has 2 nitrogen and oxygen atoms in total. The fourth-order valence-corrected chi connectivity index (χ4v) is 3.05. The summed E-state index contributed by atoms with van der Waals surface area (Å²) in [6.07, 6.45) is 7.82. The van der Waals surface area contributed by atoms with Crippen molar-refractivity contribution in [3.63, 3.8) is 0 Å². The van der Waals surface area contributed by atoms with E-state index in [2.05, 4.69) is 43.4 Å². The van der Waals surface area contributed by atoms with Crippen LogP contribution >= 0.6 is 0 Å². The highest BCUT2D eigenvalue weighted by Crippen LogP contribution is 2.18. The molecule has 2 heteroatoms. The molecule has 0 heterocycles. The van der Waals surface area contributed by atoms with Gasteiger partial charge in [-0.3, -0.25) is 4.79 Å². The minimum absolute atomic E-state index is 0.233. The van der Waals surface area contributed by atoms with Gasteiger partial charge in [-0.15, -0.1) is 0 Å². The summed E-state index contributed by atoms with van der Waals surface area (Å²) in [5.41, 5.74) is 2.62. The van der Waals surface area contributed by atoms with Gasteiger partial charge in [-0.1, -0.05) is 56.0 Å². The molecule has 110 valence electrons. The molecule has 0 saturated heterocycles. The number of carbonyl (C=O) groups is 1. The Kier molecular flexibility index (Phi) is 5.63. The van der Waals surface area contributed by atoms with Crippen molar-refractivity contribution in [2.75, 3.05) is 0 Å². The molecule has 0 radical (unpaired) electrons. The Balaban J connectivity index is 1.74. The Bertz CT molecular complexity index is 418. The number of carbonyl (C=O) groups excluding carboxylic acids is 1. The van der Waals surface area contributed by atoms with Gasteiger partial charge in [-0.05, 0) is 37.7 Å². The Labute approximate surface area is 123 Å². The molecule has 1 fully saturated rings. The SMILES string of the molecule is Cc1ccc(C[C@H](C)CC(=O)NC2CCCCC2)cc1. The lowest BCUT2D eigenvalue weighted by molar-refractivity contribution is -0.122. The molecule has 1 aliphatic rings. The second kappa shape index (κ2) is 7.47. The lowest BCUT2D eigenvalue weighted by Gasteiger charge is -2.23. The van der Waals surface area contributed by atoms with E-state index in [-0.39, 0.29) is 5.91 Å². The summed E-state index contributed by atoms with van der Waals surface area (Å²) >= 11 is 0. The molecule has 1 N–H and O–H groups in total. The number of hydrogen-bond acceptors (Lipinski definition) is 1. The largest absolute Gasteiger partial charge is 0.353 e. The summed E-state index contributed by atoms with van der Waals surface area (Å²) in [4.78, 5) is 12.1. The maximum absolute atomic E-state index is 12.1. The first-order chi connectivity index (χ1) is 9.63. The molecule has 1 aromatic carbocycles. The predicted molar refractivity (Wildman–Crippen MR) is 83.7 cm³/mol. The van der Waals surface area contributed by atoms with Crippen LogP contribution in [0.1, 0.15) is 56.6 Å². The molecule has 0 aromatic heterocycles. The smallest absolute Gasteiger partial charge is 0.220 e. The van der Waals surface area contributed by atoms with Crippen LogP contribution in [0.2, 0.25) is 0 Å². The Morgan fingerprint density at radius 2 is 1.85 bits per heavy atom. The van der Waals surface area contributed by atoms with E-state index in [4.69, 9.17) is 0 Å². The summed E-state index contributed by atoms with van der Waals surface area (Å²) in [6, 6.07) is 9.06. The first kappa shape index (κ1) is 15.1. The normalized spacial score (nSPS) is 17.7. The average molecular weight is 273 g/mol. The minimum atomic E-state index is 0.233. The van der Waals surface area contributed by atoms with Gasteiger partial charge in [0, 0.05) is 12.5 Å². The number of rotatable bonds is 5. The summed E-state index contributed by atoms with van der Waals surface area (Å²) < 4.78 is 0. The monoisotopic (exact) mass is 273 g/mol. The van der Waals surface area contributed by atoms with Gasteiger partial charge in [0.05, 0.1) is 0 Å². The van der Waals surface area contributed by atoms with E-state index in [1.54, 1.807) is 0 Å². The van der Waals surface area contributed by atoms with Crippen molar-refractivity contribution in [3.05, 3.63) is 35.4 Å². The second-order valence-corrected chi connectivity index (χ2v) is 6.40. The Morgan fingerprint density at radius 1 is 1.20 bits per heavy atom. The summed E-state index contributed by atoms with van der Waals surface area (Å²) in [7, 11) is 0. The van der Waals surface area contributed by atoms with E-state index in [0.717, 1.165) is 19.3 Å². The topological polar surface area (TPSA) is 29.1 Å². The van der Waals surface area contributed by atoms with Crippen molar-refractivity contribution in [1.29, 1.82) is 0 Å². The van der Waals surface area contributed by atoms with Crippen molar-refractivity contribution >= 4 is 5.91 Å². The molecule has 1 aliphatic carbocycles. The quantitative estimate of drug-likeness (QED) is 0.862. The number of amides is 1. The van der Waals surface area contributed by atoms with Crippen LogP contribution in [-0.4, -0.2) is 11.9 Å². The molecule has 0 bridgehead atoms. The van der Waals surface area contributed by atoms with Gasteiger partial charge >= 0.3 is 0 Å². The number of hydrogen-bond donors (Lipinski definition) is 1. The highest BCUT2D eigenvalue weighted by molar-refractivity contribution is 5.76. The lowest BCUT2D eigenvalue weighted by atomic mass is 9.94. The van der Waals surface area contributed by atoms with Crippen molar-refractivity contribution in [2.24, 2.45) is 5.92 Å². The van der Waals surface area contributed by atoms with Crippen LogP contribution in [0.4, 0.5) is 0 Å². The van der Waals surface area contributed by atoms with Gasteiger partial charge in [0.1, 0.15) is 0 Å². The summed E-state index contributed by atoms with van der Waals surface area (Å²) in [5, 5.41) is 3.21. The molecular weight excluding hydrogens is 246 g/mol. The fourth-order valence-electron chi connectivity index (χ4n) is 3.05. The third kappa shape index (κ3) is 4.99. The van der Waals surface area contributed by atoms with Crippen molar-refractivity contribution in [1.82, 2.24) is 5.32 Å². The van der Waals surface area contributed by atoms with Gasteiger partial charge in [-0.25, -0.2) is 0 Å². The zero-order valence-electron chi connectivity index (χ0n) is 12.8. The van der Waals surface area contributed by atoms with E-state index in [0.29, 0.717) is 18.4 Å². The molecule has 1 aromatic rings. The molecule has 0 aliphatic heterocycles. The maximum Gasteiger partial charge on any atom is 0.220 e. The van der Waals surface area contributed by atoms with E-state index < -0.39 is 0 Å². The summed E-state index contributed by atoms with van der Waals surface area (Å²) in [5.74, 6) is 0.637. The van der Waals surface area contributed by atoms with Crippen molar-refractivity contribution in [3.8, 4) is 0 Å². The Morgan fingerprint density at radius 3 is 2.50 bits per heavy atom. The minimum Gasteiger partial charge on any atom is -0.353 e. The Hall–Kier alpha value is -1.31. The molecule has 1 atom stereocenters. The predicted octanol–water partition coefficient (Wildman–Crippen LogP) is 4.01. The van der Waals surface area contributed by atoms with Crippen LogP contribution in [0, 0.1) is 12.8 Å². The number of aryl methyl sites for hydroxylation is 1. The van der Waals surface area contributed by atoms with Crippen LogP contribution in [0.15, 0.2) is 24.3 Å². The average Bonchev–Trinajstić information content (AvgIpc) is 2.42. The molecule has 1 amide bonds. The number of benzene rings is 1. The van der Waals surface area contributed by atoms with Crippen LogP contribution < -0.4 is 5.32 Å². The zero-order chi connectivity index (χ0) is 14.4. The lowest BCUT2D eigenvalue weighted by Crippen LogP contribution is -2.36. The van der Waals surface area contributed by atoms with E-state index in [9.17, 15) is 4.79 Å². The summed E-state index contributed by atoms with van der Waals surface area (Å²) in [6.45, 7) is 4.27. The van der Waals surface area contributed by atoms with Gasteiger partial charge in [0.25, 0.3) is 0 Å². The third-order valence-corrected chi connectivity index (χ3v) is 4.21. The molecule has 0 spiro atoms. The highest BCUT2D eigenvalue weighted by atomic mass is 16.1. The van der Waals surface area contributed by atoms with Crippen LogP contribution in [0.5, 0.6) is 0 Å². The standard InChI is InChI=1S/C18H27NO/c1-14-8-10-16(11-9-14)12-15(2)13-18(20)19-17-6-4-3-5-7-17/h8-11,15,17H,3-7,12-13H2,1-2H3,(H,19,20)/t15-/m0/s1. The molecule has 0 unspecified atom stereocenters. The second-order valence-electron chi connectivity index (χ2n) is 6.40. The zero-order valence-corrected chi connectivity index (χ0v) is 12.8. The molecule has 1 saturated carbocycles. The van der Waals surface area contributed by atoms with Gasteiger partial charge in [0.2, 0.25) is 5.91 Å². The number of nitrogens with one attached hydrogen (secondary N) is 1. The van der Waals surface area contributed by atoms with E-state index in [1.165, 1.54) is 30.4 Å². The van der Waals surface area contributed by atoms with E-state index >= 15 is 0 Å². The van der Waals surface area contributed by atoms with E-state index in [1.807, 2.05) is 0 Å². The van der Waals surface area contributed by atoms with Crippen LogP contribution in [0.3, 0.4) is 0 Å². The van der Waals surface area contributed by atoms with Gasteiger partial charge in [0.15, 0.2) is 0 Å². The molecule has 2 rings (SSSR count). The fraction of sp³-hybridized carbons (Fsp3) is 0.611. The van der Waals surface area contributed by atoms with Gasteiger partial charge in [-0.2, -0.15) is 0 Å². The first-order valence-corrected chi connectivity index (χ1v) is 7.98.